The number of hydrogen-bond acceptors (Lipinski definition) is 5. The van der Waals surface area contributed by atoms with Crippen molar-refractivity contribution in [2.24, 2.45) is 0 Å². The largest absolute Gasteiger partial charge is 0.493 e. The van der Waals surface area contributed by atoms with Gasteiger partial charge in [0.2, 0.25) is 0 Å². The fraction of sp³-hybridized carbons (Fsp3) is 0.222. The second-order valence-corrected chi connectivity index (χ2v) is 5.30. The van der Waals surface area contributed by atoms with E-state index in [9.17, 15) is 14.7 Å². The summed E-state index contributed by atoms with van der Waals surface area (Å²) in [5.41, 5.74) is 0.822. The predicted octanol–water partition coefficient (Wildman–Crippen LogP) is 3.11. The number of Topliss-reactive ketones (excluding diaryl/α,β-unsaturated/α-hetero) is 1. The van der Waals surface area contributed by atoms with Crippen LogP contribution in [0.3, 0.4) is 0 Å². The van der Waals surface area contributed by atoms with Crippen molar-refractivity contribution in [2.75, 3.05) is 14.2 Å². The number of ketones is 1. The van der Waals surface area contributed by atoms with Crippen LogP contribution in [0.1, 0.15) is 38.8 Å². The van der Waals surface area contributed by atoms with Gasteiger partial charge in [0.05, 0.1) is 26.2 Å². The van der Waals surface area contributed by atoms with E-state index in [2.05, 4.69) is 0 Å². The SMILES string of the molecule is COc1ccc([C@H]2CC(=O)c3ccccc3O2)c(C(=O)O)c1OC. The van der Waals surface area contributed by atoms with Gasteiger partial charge in [-0.3, -0.25) is 4.79 Å². The normalized spacial score (nSPS) is 16.1. The first-order valence-corrected chi connectivity index (χ1v) is 7.33. The summed E-state index contributed by atoms with van der Waals surface area (Å²) in [5, 5.41) is 9.61. The topological polar surface area (TPSA) is 82.1 Å². The quantitative estimate of drug-likeness (QED) is 0.928. The molecule has 0 fully saturated rings. The van der Waals surface area contributed by atoms with Gasteiger partial charge in [0, 0.05) is 5.56 Å². The van der Waals surface area contributed by atoms with E-state index < -0.39 is 12.1 Å². The summed E-state index contributed by atoms with van der Waals surface area (Å²) in [4.78, 5) is 24.1. The van der Waals surface area contributed by atoms with Gasteiger partial charge in [0.1, 0.15) is 17.4 Å². The maximum Gasteiger partial charge on any atom is 0.340 e. The molecule has 0 unspecified atom stereocenters. The molecule has 124 valence electrons. The first kappa shape index (κ1) is 15.9. The number of fused-ring (bicyclic) bond motifs is 1. The van der Waals surface area contributed by atoms with Gasteiger partial charge in [-0.1, -0.05) is 18.2 Å². The number of rotatable bonds is 4. The highest BCUT2D eigenvalue weighted by Crippen LogP contribution is 2.41. The fourth-order valence-electron chi connectivity index (χ4n) is 2.88. The third-order valence-corrected chi connectivity index (χ3v) is 3.97. The molecule has 0 bridgehead atoms. The highest BCUT2D eigenvalue weighted by molar-refractivity contribution is 6.00. The average molecular weight is 328 g/mol. The summed E-state index contributed by atoms with van der Waals surface area (Å²) in [6.45, 7) is 0. The molecule has 1 heterocycles. The highest BCUT2D eigenvalue weighted by atomic mass is 16.5. The van der Waals surface area contributed by atoms with Crippen molar-refractivity contribution >= 4 is 11.8 Å². The molecule has 6 nitrogen and oxygen atoms in total. The van der Waals surface area contributed by atoms with Crippen LogP contribution in [0.4, 0.5) is 0 Å². The van der Waals surface area contributed by atoms with Crippen LogP contribution in [0.5, 0.6) is 17.2 Å². The standard InChI is InChI=1S/C18H16O6/c1-22-14-8-7-11(16(18(20)21)17(14)23-2)15-9-12(19)10-5-3-4-6-13(10)24-15/h3-8,15H,9H2,1-2H3,(H,20,21)/t15-/m1/s1. The fourth-order valence-corrected chi connectivity index (χ4v) is 2.88. The molecule has 0 aromatic heterocycles. The lowest BCUT2D eigenvalue weighted by Gasteiger charge is -2.27. The third kappa shape index (κ3) is 2.56. The van der Waals surface area contributed by atoms with Crippen molar-refractivity contribution in [3.8, 4) is 17.2 Å². The first-order chi connectivity index (χ1) is 11.6. The monoisotopic (exact) mass is 328 g/mol. The number of ether oxygens (including phenoxy) is 3. The molecule has 0 radical (unpaired) electrons. The van der Waals surface area contributed by atoms with Crippen LogP contribution in [-0.2, 0) is 0 Å². The maximum atomic E-state index is 12.3. The molecule has 6 heteroatoms. The van der Waals surface area contributed by atoms with Gasteiger partial charge in [-0.25, -0.2) is 4.79 Å². The summed E-state index contributed by atoms with van der Waals surface area (Å²) < 4.78 is 16.2. The molecule has 3 rings (SSSR count). The van der Waals surface area contributed by atoms with Crippen LogP contribution < -0.4 is 14.2 Å². The molecule has 2 aromatic rings. The van der Waals surface area contributed by atoms with Crippen molar-refractivity contribution < 1.29 is 28.9 Å². The Morgan fingerprint density at radius 3 is 2.58 bits per heavy atom. The molecule has 1 aliphatic heterocycles. The Labute approximate surface area is 138 Å². The zero-order chi connectivity index (χ0) is 17.3. The molecule has 0 spiro atoms. The van der Waals surface area contributed by atoms with E-state index >= 15 is 0 Å². The van der Waals surface area contributed by atoms with Gasteiger partial charge >= 0.3 is 5.97 Å². The summed E-state index contributed by atoms with van der Waals surface area (Å²) in [5.74, 6) is -0.396. The lowest BCUT2D eigenvalue weighted by atomic mass is 9.92. The predicted molar refractivity (Wildman–Crippen MR) is 85.3 cm³/mol. The van der Waals surface area contributed by atoms with E-state index in [4.69, 9.17) is 14.2 Å². The molecular weight excluding hydrogens is 312 g/mol. The Hall–Kier alpha value is -3.02. The molecule has 24 heavy (non-hydrogen) atoms. The number of carboxylic acid groups (broad SMARTS) is 1. The average Bonchev–Trinajstić information content (AvgIpc) is 2.60. The van der Waals surface area contributed by atoms with E-state index in [1.54, 1.807) is 36.4 Å². The van der Waals surface area contributed by atoms with E-state index in [0.29, 0.717) is 22.6 Å². The first-order valence-electron chi connectivity index (χ1n) is 7.33. The summed E-state index contributed by atoms with van der Waals surface area (Å²) >= 11 is 0. The van der Waals surface area contributed by atoms with E-state index in [-0.39, 0.29) is 23.5 Å². The minimum atomic E-state index is -1.17. The second-order valence-electron chi connectivity index (χ2n) is 5.30. The molecule has 1 N–H and O–H groups in total. The lowest BCUT2D eigenvalue weighted by molar-refractivity contribution is 0.0677. The van der Waals surface area contributed by atoms with E-state index in [1.807, 2.05) is 0 Å². The minimum absolute atomic E-state index is 0.0611. The summed E-state index contributed by atoms with van der Waals surface area (Å²) in [6.07, 6.45) is -0.634. The Kier molecular flexibility index (Phi) is 4.12. The van der Waals surface area contributed by atoms with Crippen LogP contribution in [0, 0.1) is 0 Å². The summed E-state index contributed by atoms with van der Waals surface area (Å²) in [7, 11) is 2.80. The highest BCUT2D eigenvalue weighted by Gasteiger charge is 2.32. The van der Waals surface area contributed by atoms with Gasteiger partial charge in [-0.2, -0.15) is 0 Å². The number of carbonyl (C=O) groups is 2. The molecule has 0 saturated carbocycles. The number of carboxylic acids is 1. The zero-order valence-electron chi connectivity index (χ0n) is 13.2. The van der Waals surface area contributed by atoms with E-state index in [0.717, 1.165) is 0 Å². The summed E-state index contributed by atoms with van der Waals surface area (Å²) in [6, 6.07) is 10.1. The van der Waals surface area contributed by atoms with Crippen LogP contribution in [0.15, 0.2) is 36.4 Å². The smallest absolute Gasteiger partial charge is 0.340 e. The molecule has 1 atom stereocenters. The van der Waals surface area contributed by atoms with Crippen molar-refractivity contribution in [1.29, 1.82) is 0 Å². The van der Waals surface area contributed by atoms with Crippen molar-refractivity contribution in [2.45, 2.75) is 12.5 Å². The number of hydrogen-bond donors (Lipinski definition) is 1. The lowest BCUT2D eigenvalue weighted by Crippen LogP contribution is -2.22. The van der Waals surface area contributed by atoms with E-state index in [1.165, 1.54) is 14.2 Å². The van der Waals surface area contributed by atoms with Gasteiger partial charge < -0.3 is 19.3 Å². The van der Waals surface area contributed by atoms with Gasteiger partial charge in [0.25, 0.3) is 0 Å². The van der Waals surface area contributed by atoms with Gasteiger partial charge in [-0.15, -0.1) is 0 Å². The Bertz CT molecular complexity index is 811. The molecule has 1 aliphatic rings. The number of aromatic carboxylic acids is 1. The maximum absolute atomic E-state index is 12.3. The Balaban J connectivity index is 2.11. The molecule has 2 aromatic carbocycles. The number of benzene rings is 2. The number of para-hydroxylation sites is 1. The van der Waals surface area contributed by atoms with Crippen molar-refractivity contribution in [1.82, 2.24) is 0 Å². The van der Waals surface area contributed by atoms with Crippen LogP contribution in [0.2, 0.25) is 0 Å². The van der Waals surface area contributed by atoms with Crippen LogP contribution >= 0.6 is 0 Å². The van der Waals surface area contributed by atoms with Crippen molar-refractivity contribution in [3.05, 3.63) is 53.1 Å². The zero-order valence-corrected chi connectivity index (χ0v) is 13.2. The molecule has 0 amide bonds. The Morgan fingerprint density at radius 2 is 1.92 bits per heavy atom. The van der Waals surface area contributed by atoms with Crippen molar-refractivity contribution in [3.63, 3.8) is 0 Å². The number of carbonyl (C=O) groups excluding carboxylic acids is 1. The molecule has 0 saturated heterocycles. The second kappa shape index (κ2) is 6.23. The third-order valence-electron chi connectivity index (χ3n) is 3.97. The molecular formula is C18H16O6. The Morgan fingerprint density at radius 1 is 1.17 bits per heavy atom. The number of methoxy groups -OCH3 is 2. The molecule has 0 aliphatic carbocycles. The minimum Gasteiger partial charge on any atom is -0.493 e. The van der Waals surface area contributed by atoms with Crippen LogP contribution in [-0.4, -0.2) is 31.1 Å². The van der Waals surface area contributed by atoms with Crippen LogP contribution in [0.25, 0.3) is 0 Å². The van der Waals surface area contributed by atoms with Gasteiger partial charge in [0.15, 0.2) is 17.3 Å². The van der Waals surface area contributed by atoms with Gasteiger partial charge in [-0.05, 0) is 18.2 Å².